The lowest BCUT2D eigenvalue weighted by Gasteiger charge is -2.37. The zero-order valence-corrected chi connectivity index (χ0v) is 19.3. The summed E-state index contributed by atoms with van der Waals surface area (Å²) in [5.74, 6) is 3.29. The average Bonchev–Trinajstić information content (AvgIpc) is 3.32. The van der Waals surface area contributed by atoms with Gasteiger partial charge in [0.1, 0.15) is 17.9 Å². The van der Waals surface area contributed by atoms with E-state index >= 15 is 0 Å². The normalized spacial score (nSPS) is 19.3. The molecule has 0 radical (unpaired) electrons. The number of anilines is 2. The van der Waals surface area contributed by atoms with Gasteiger partial charge in [-0.15, -0.1) is 0 Å². The van der Waals surface area contributed by atoms with Crippen molar-refractivity contribution < 1.29 is 14.6 Å². The number of piperazine rings is 1. The lowest BCUT2D eigenvalue weighted by molar-refractivity contribution is 0.225. The van der Waals surface area contributed by atoms with Crippen LogP contribution in [-0.2, 0) is 0 Å². The van der Waals surface area contributed by atoms with Gasteiger partial charge in [0.25, 0.3) is 0 Å². The maximum Gasteiger partial charge on any atom is 0.162 e. The molecule has 2 aromatic carbocycles. The Morgan fingerprint density at radius 2 is 1.64 bits per heavy atom. The topological polar surface area (TPSA) is 74.2 Å². The number of rotatable bonds is 6. The number of aromatic hydroxyl groups is 1. The van der Waals surface area contributed by atoms with Crippen molar-refractivity contribution in [2.75, 3.05) is 69.8 Å². The Morgan fingerprint density at radius 3 is 2.36 bits per heavy atom. The van der Waals surface area contributed by atoms with Crippen molar-refractivity contribution in [2.45, 2.75) is 6.42 Å². The minimum Gasteiger partial charge on any atom is -0.508 e. The molecular weight excluding hydrogens is 418 g/mol. The fraction of sp³-hybridized carbons (Fsp3) is 0.440. The van der Waals surface area contributed by atoms with Crippen LogP contribution in [0.25, 0.3) is 10.9 Å². The number of fused-ring (bicyclic) bond motifs is 1. The van der Waals surface area contributed by atoms with Gasteiger partial charge in [0, 0.05) is 63.0 Å². The third-order valence-electron chi connectivity index (χ3n) is 6.81. The smallest absolute Gasteiger partial charge is 0.162 e. The highest BCUT2D eigenvalue weighted by Gasteiger charge is 2.28. The quantitative estimate of drug-likeness (QED) is 0.616. The van der Waals surface area contributed by atoms with Gasteiger partial charge in [-0.05, 0) is 42.7 Å². The molecule has 174 valence electrons. The number of hydrogen-bond acceptors (Lipinski definition) is 8. The van der Waals surface area contributed by atoms with E-state index in [1.807, 2.05) is 24.3 Å². The highest BCUT2D eigenvalue weighted by Crippen LogP contribution is 2.36. The van der Waals surface area contributed by atoms with E-state index in [4.69, 9.17) is 9.47 Å². The van der Waals surface area contributed by atoms with E-state index in [9.17, 15) is 5.11 Å². The molecule has 0 spiro atoms. The number of hydrogen-bond donors (Lipinski definition) is 1. The molecule has 0 bridgehead atoms. The summed E-state index contributed by atoms with van der Waals surface area (Å²) in [5.41, 5.74) is 2.05. The monoisotopic (exact) mass is 449 g/mol. The second kappa shape index (κ2) is 9.31. The molecule has 1 aromatic heterocycles. The zero-order valence-electron chi connectivity index (χ0n) is 19.3. The number of ether oxygens (including phenoxy) is 2. The predicted molar refractivity (Wildman–Crippen MR) is 130 cm³/mol. The van der Waals surface area contributed by atoms with Gasteiger partial charge in [-0.3, -0.25) is 4.90 Å². The van der Waals surface area contributed by atoms with Gasteiger partial charge in [-0.25, -0.2) is 9.97 Å². The second-order valence-corrected chi connectivity index (χ2v) is 8.83. The van der Waals surface area contributed by atoms with Crippen molar-refractivity contribution in [3.63, 3.8) is 0 Å². The van der Waals surface area contributed by atoms with Crippen molar-refractivity contribution in [2.24, 2.45) is 5.92 Å². The molecule has 2 aliphatic rings. The minimum absolute atomic E-state index is 0.317. The Labute approximate surface area is 194 Å². The Kier molecular flexibility index (Phi) is 6.09. The summed E-state index contributed by atoms with van der Waals surface area (Å²) in [6.07, 6.45) is 2.80. The maximum absolute atomic E-state index is 9.52. The molecule has 0 amide bonds. The Morgan fingerprint density at radius 1 is 0.909 bits per heavy atom. The van der Waals surface area contributed by atoms with Crippen LogP contribution in [0.3, 0.4) is 0 Å². The summed E-state index contributed by atoms with van der Waals surface area (Å²) in [4.78, 5) is 16.4. The number of methoxy groups -OCH3 is 2. The summed E-state index contributed by atoms with van der Waals surface area (Å²) in [7, 11) is 3.29. The first-order valence-electron chi connectivity index (χ1n) is 11.5. The first-order chi connectivity index (χ1) is 16.1. The molecule has 33 heavy (non-hydrogen) atoms. The second-order valence-electron chi connectivity index (χ2n) is 8.83. The molecule has 3 heterocycles. The maximum atomic E-state index is 9.52. The number of phenolic OH excluding ortho intramolecular Hbond substituents is 1. The van der Waals surface area contributed by atoms with Crippen LogP contribution in [-0.4, -0.2) is 80.0 Å². The molecule has 2 aliphatic heterocycles. The van der Waals surface area contributed by atoms with Crippen LogP contribution >= 0.6 is 0 Å². The van der Waals surface area contributed by atoms with Gasteiger partial charge >= 0.3 is 0 Å². The van der Waals surface area contributed by atoms with E-state index in [2.05, 4.69) is 24.7 Å². The average molecular weight is 450 g/mol. The van der Waals surface area contributed by atoms with Crippen LogP contribution in [0.15, 0.2) is 42.7 Å². The lowest BCUT2D eigenvalue weighted by atomic mass is 10.1. The van der Waals surface area contributed by atoms with Gasteiger partial charge in [0.05, 0.1) is 19.7 Å². The lowest BCUT2D eigenvalue weighted by Crippen LogP contribution is -2.48. The van der Waals surface area contributed by atoms with E-state index in [0.29, 0.717) is 23.2 Å². The highest BCUT2D eigenvalue weighted by atomic mass is 16.5. The van der Waals surface area contributed by atoms with Gasteiger partial charge in [0.2, 0.25) is 0 Å². The molecule has 2 fully saturated rings. The van der Waals surface area contributed by atoms with Crippen molar-refractivity contribution in [1.29, 1.82) is 0 Å². The summed E-state index contributed by atoms with van der Waals surface area (Å²) in [6, 6.07) is 11.4. The van der Waals surface area contributed by atoms with Crippen LogP contribution in [0.1, 0.15) is 6.42 Å². The van der Waals surface area contributed by atoms with E-state index in [-0.39, 0.29) is 0 Å². The minimum atomic E-state index is 0.317. The first kappa shape index (κ1) is 21.6. The van der Waals surface area contributed by atoms with Crippen LogP contribution < -0.4 is 19.3 Å². The van der Waals surface area contributed by atoms with Crippen molar-refractivity contribution in [3.8, 4) is 17.2 Å². The molecule has 8 heteroatoms. The molecule has 1 atom stereocenters. The molecule has 8 nitrogen and oxygen atoms in total. The number of aromatic nitrogens is 2. The summed E-state index contributed by atoms with van der Waals surface area (Å²) in [5, 5.41) is 10.5. The van der Waals surface area contributed by atoms with Crippen LogP contribution in [0.2, 0.25) is 0 Å². The molecule has 1 unspecified atom stereocenters. The van der Waals surface area contributed by atoms with Crippen LogP contribution in [0.5, 0.6) is 17.2 Å². The fourth-order valence-electron chi connectivity index (χ4n) is 5.01. The van der Waals surface area contributed by atoms with E-state index in [1.54, 1.807) is 32.7 Å². The fourth-order valence-corrected chi connectivity index (χ4v) is 5.01. The van der Waals surface area contributed by atoms with Gasteiger partial charge in [-0.2, -0.15) is 0 Å². The largest absolute Gasteiger partial charge is 0.508 e. The van der Waals surface area contributed by atoms with Crippen molar-refractivity contribution in [1.82, 2.24) is 14.9 Å². The summed E-state index contributed by atoms with van der Waals surface area (Å²) >= 11 is 0. The van der Waals surface area contributed by atoms with Crippen LogP contribution in [0, 0.1) is 5.92 Å². The molecule has 5 rings (SSSR count). The molecule has 3 aromatic rings. The predicted octanol–water partition coefficient (Wildman–Crippen LogP) is 3.00. The number of nitrogens with zero attached hydrogens (tertiary/aromatic N) is 5. The van der Waals surface area contributed by atoms with Gasteiger partial charge < -0.3 is 24.4 Å². The first-order valence-corrected chi connectivity index (χ1v) is 11.5. The Balaban J connectivity index is 1.22. The molecule has 1 N–H and O–H groups in total. The standard InChI is InChI=1S/C25H31N5O3/c1-32-23-13-21-22(14-24(23)33-2)26-17-27-25(21)30-8-7-18(16-30)15-28-9-11-29(12-10-28)19-3-5-20(31)6-4-19/h3-6,13-14,17-18,31H,7-12,15-16H2,1-2H3. The third-order valence-corrected chi connectivity index (χ3v) is 6.81. The van der Waals surface area contributed by atoms with Crippen molar-refractivity contribution >= 4 is 22.4 Å². The zero-order chi connectivity index (χ0) is 22.8. The Hall–Kier alpha value is -3.26. The molecular formula is C25H31N5O3. The van der Waals surface area contributed by atoms with Crippen molar-refractivity contribution in [3.05, 3.63) is 42.7 Å². The molecule has 0 aliphatic carbocycles. The number of benzene rings is 2. The van der Waals surface area contributed by atoms with Gasteiger partial charge in [0.15, 0.2) is 11.5 Å². The van der Waals surface area contributed by atoms with E-state index in [0.717, 1.165) is 69.0 Å². The van der Waals surface area contributed by atoms with Gasteiger partial charge in [-0.1, -0.05) is 0 Å². The summed E-state index contributed by atoms with van der Waals surface area (Å²) < 4.78 is 10.9. The SMILES string of the molecule is COc1cc2ncnc(N3CCC(CN4CCN(c5ccc(O)cc5)CC4)C3)c2cc1OC. The molecule has 0 saturated carbocycles. The van der Waals surface area contributed by atoms with E-state index < -0.39 is 0 Å². The molecule has 2 saturated heterocycles. The number of phenols is 1. The third kappa shape index (κ3) is 4.48. The van der Waals surface area contributed by atoms with E-state index in [1.165, 1.54) is 5.69 Å². The summed E-state index contributed by atoms with van der Waals surface area (Å²) in [6.45, 7) is 7.26. The highest BCUT2D eigenvalue weighted by molar-refractivity contribution is 5.92. The van der Waals surface area contributed by atoms with Crippen LogP contribution in [0.4, 0.5) is 11.5 Å². The Bertz CT molecular complexity index is 1100.